The smallest absolute Gasteiger partial charge is 0.222 e. The summed E-state index contributed by atoms with van der Waals surface area (Å²) in [6.45, 7) is 0. The summed E-state index contributed by atoms with van der Waals surface area (Å²) in [5.74, 6) is 0. The van der Waals surface area contributed by atoms with Crippen molar-refractivity contribution < 1.29 is 0 Å². The van der Waals surface area contributed by atoms with Crippen molar-refractivity contribution in [3.8, 4) is 0 Å². The molecule has 1 heterocycles. The van der Waals surface area contributed by atoms with Crippen LogP contribution < -0.4 is 0 Å². The molecule has 0 amide bonds. The number of halogens is 1. The van der Waals surface area contributed by atoms with E-state index in [-0.39, 0.29) is 0 Å². The van der Waals surface area contributed by atoms with Gasteiger partial charge in [0.05, 0.1) is 5.69 Å². The number of rotatable bonds is 0. The number of allylic oxidation sites excluding steroid dienone is 1. The topological polar surface area (TPSA) is 25.8 Å². The third-order valence-corrected chi connectivity index (χ3v) is 2.13. The van der Waals surface area contributed by atoms with Crippen LogP contribution in [0, 0.1) is 0 Å². The summed E-state index contributed by atoms with van der Waals surface area (Å²) in [4.78, 5) is 8.11. The quantitative estimate of drug-likeness (QED) is 0.574. The van der Waals surface area contributed by atoms with Gasteiger partial charge in [-0.15, -0.1) is 0 Å². The Hall–Kier alpha value is -0.890. The summed E-state index contributed by atoms with van der Waals surface area (Å²) >= 11 is 5.68. The highest BCUT2D eigenvalue weighted by Crippen LogP contribution is 2.16. The number of fused-ring (bicyclic) bond motifs is 1. The Morgan fingerprint density at radius 3 is 3.25 bits per heavy atom. The molecule has 3 heteroatoms. The molecule has 2 rings (SSSR count). The molecule has 0 unspecified atom stereocenters. The molecule has 1 aromatic rings. The predicted molar refractivity (Wildman–Crippen MR) is 49.0 cm³/mol. The van der Waals surface area contributed by atoms with E-state index in [1.54, 1.807) is 6.20 Å². The van der Waals surface area contributed by atoms with Crippen LogP contribution in [0.5, 0.6) is 0 Å². The van der Waals surface area contributed by atoms with Crippen LogP contribution in [-0.2, 0) is 6.42 Å². The maximum atomic E-state index is 5.68. The fourth-order valence-corrected chi connectivity index (χ4v) is 1.49. The van der Waals surface area contributed by atoms with Crippen molar-refractivity contribution in [3.05, 3.63) is 28.8 Å². The molecule has 0 aromatic carbocycles. The minimum atomic E-state index is 0.351. The van der Waals surface area contributed by atoms with E-state index < -0.39 is 0 Å². The van der Waals surface area contributed by atoms with Crippen LogP contribution in [0.1, 0.15) is 24.1 Å². The highest BCUT2D eigenvalue weighted by molar-refractivity contribution is 6.28. The summed E-state index contributed by atoms with van der Waals surface area (Å²) in [5, 5.41) is 0.351. The molecule has 0 saturated carbocycles. The van der Waals surface area contributed by atoms with Gasteiger partial charge in [-0.25, -0.2) is 9.97 Å². The fourth-order valence-electron chi connectivity index (χ4n) is 1.34. The lowest BCUT2D eigenvalue weighted by Crippen LogP contribution is -1.94. The van der Waals surface area contributed by atoms with E-state index in [1.807, 2.05) is 0 Å². The van der Waals surface area contributed by atoms with Gasteiger partial charge in [0.15, 0.2) is 0 Å². The normalized spacial score (nSPS) is 15.4. The molecule has 0 radical (unpaired) electrons. The van der Waals surface area contributed by atoms with Crippen LogP contribution in [0.3, 0.4) is 0 Å². The first-order chi connectivity index (χ1) is 5.86. The Balaban J connectivity index is 2.46. The van der Waals surface area contributed by atoms with E-state index in [0.29, 0.717) is 5.28 Å². The van der Waals surface area contributed by atoms with Crippen molar-refractivity contribution >= 4 is 17.7 Å². The van der Waals surface area contributed by atoms with Crippen molar-refractivity contribution in [2.45, 2.75) is 19.3 Å². The number of nitrogens with zero attached hydrogens (tertiary/aromatic N) is 2. The minimum absolute atomic E-state index is 0.351. The van der Waals surface area contributed by atoms with Crippen molar-refractivity contribution in [3.63, 3.8) is 0 Å². The average Bonchev–Trinajstić information content (AvgIpc) is 2.28. The highest BCUT2D eigenvalue weighted by Gasteiger charge is 2.05. The molecule has 1 aliphatic carbocycles. The van der Waals surface area contributed by atoms with Crippen LogP contribution in [0.2, 0.25) is 5.28 Å². The summed E-state index contributed by atoms with van der Waals surface area (Å²) < 4.78 is 0. The maximum absolute atomic E-state index is 5.68. The second-order valence-electron chi connectivity index (χ2n) is 2.84. The molecule has 0 N–H and O–H groups in total. The van der Waals surface area contributed by atoms with Crippen LogP contribution in [-0.4, -0.2) is 9.97 Å². The molecular formula is C9H9ClN2. The lowest BCUT2D eigenvalue weighted by atomic mass is 10.2. The number of hydrogen-bond donors (Lipinski definition) is 0. The largest absolute Gasteiger partial charge is 0.226 e. The standard InChI is InChI=1S/C9H9ClN2/c10-9-11-6-7-4-2-1-3-5-8(7)12-9/h2,4,6H,1,3,5H2. The Morgan fingerprint density at radius 2 is 2.33 bits per heavy atom. The van der Waals surface area contributed by atoms with Crippen LogP contribution in [0.4, 0.5) is 0 Å². The van der Waals surface area contributed by atoms with E-state index in [1.165, 1.54) is 0 Å². The van der Waals surface area contributed by atoms with Gasteiger partial charge in [0.1, 0.15) is 0 Å². The molecule has 1 aromatic heterocycles. The lowest BCUT2D eigenvalue weighted by Gasteiger charge is -2.00. The molecule has 0 fully saturated rings. The molecule has 0 saturated heterocycles. The van der Waals surface area contributed by atoms with Gasteiger partial charge in [-0.05, 0) is 30.9 Å². The van der Waals surface area contributed by atoms with E-state index in [9.17, 15) is 0 Å². The summed E-state index contributed by atoms with van der Waals surface area (Å²) in [6.07, 6.45) is 9.28. The molecule has 62 valence electrons. The number of aryl methyl sites for hydroxylation is 1. The van der Waals surface area contributed by atoms with Gasteiger partial charge < -0.3 is 0 Å². The van der Waals surface area contributed by atoms with Gasteiger partial charge in [0.25, 0.3) is 0 Å². The monoisotopic (exact) mass is 180 g/mol. The second kappa shape index (κ2) is 3.23. The second-order valence-corrected chi connectivity index (χ2v) is 3.17. The molecule has 0 atom stereocenters. The summed E-state index contributed by atoms with van der Waals surface area (Å²) in [7, 11) is 0. The van der Waals surface area contributed by atoms with Crippen LogP contribution >= 0.6 is 11.6 Å². The summed E-state index contributed by atoms with van der Waals surface area (Å²) in [5.41, 5.74) is 2.18. The molecular weight excluding hydrogens is 172 g/mol. The average molecular weight is 181 g/mol. The molecule has 0 bridgehead atoms. The summed E-state index contributed by atoms with van der Waals surface area (Å²) in [6, 6.07) is 0. The molecule has 12 heavy (non-hydrogen) atoms. The van der Waals surface area contributed by atoms with Crippen molar-refractivity contribution in [1.29, 1.82) is 0 Å². The Kier molecular flexibility index (Phi) is 2.09. The third-order valence-electron chi connectivity index (χ3n) is 1.95. The van der Waals surface area contributed by atoms with Crippen molar-refractivity contribution in [1.82, 2.24) is 9.97 Å². The van der Waals surface area contributed by atoms with Gasteiger partial charge in [-0.3, -0.25) is 0 Å². The fraction of sp³-hybridized carbons (Fsp3) is 0.333. The van der Waals surface area contributed by atoms with E-state index in [4.69, 9.17) is 11.6 Å². The van der Waals surface area contributed by atoms with Crippen molar-refractivity contribution in [2.75, 3.05) is 0 Å². The lowest BCUT2D eigenvalue weighted by molar-refractivity contribution is 0.821. The SMILES string of the molecule is Clc1ncc2c(n1)CCCC=C2. The number of hydrogen-bond acceptors (Lipinski definition) is 2. The van der Waals surface area contributed by atoms with Gasteiger partial charge in [-0.1, -0.05) is 12.2 Å². The zero-order valence-electron chi connectivity index (χ0n) is 6.63. The molecule has 0 spiro atoms. The Labute approximate surface area is 76.3 Å². The minimum Gasteiger partial charge on any atom is -0.226 e. The van der Waals surface area contributed by atoms with Gasteiger partial charge in [-0.2, -0.15) is 0 Å². The van der Waals surface area contributed by atoms with Crippen molar-refractivity contribution in [2.24, 2.45) is 0 Å². The van der Waals surface area contributed by atoms with Gasteiger partial charge in [0, 0.05) is 11.8 Å². The first kappa shape index (κ1) is 7.74. The van der Waals surface area contributed by atoms with E-state index >= 15 is 0 Å². The van der Waals surface area contributed by atoms with Crippen LogP contribution in [0.15, 0.2) is 12.3 Å². The molecule has 0 aliphatic heterocycles. The zero-order chi connectivity index (χ0) is 8.39. The Morgan fingerprint density at radius 1 is 1.42 bits per heavy atom. The van der Waals surface area contributed by atoms with Gasteiger partial charge >= 0.3 is 0 Å². The zero-order valence-corrected chi connectivity index (χ0v) is 7.38. The third kappa shape index (κ3) is 1.48. The van der Waals surface area contributed by atoms with E-state index in [0.717, 1.165) is 30.5 Å². The van der Waals surface area contributed by atoms with Crippen LogP contribution in [0.25, 0.3) is 6.08 Å². The predicted octanol–water partition coefficient (Wildman–Crippen LogP) is 2.48. The highest BCUT2D eigenvalue weighted by atomic mass is 35.5. The number of aromatic nitrogens is 2. The first-order valence-electron chi connectivity index (χ1n) is 4.04. The maximum Gasteiger partial charge on any atom is 0.222 e. The molecule has 2 nitrogen and oxygen atoms in total. The van der Waals surface area contributed by atoms with E-state index in [2.05, 4.69) is 22.1 Å². The van der Waals surface area contributed by atoms with Gasteiger partial charge in [0.2, 0.25) is 5.28 Å². The first-order valence-corrected chi connectivity index (χ1v) is 4.42. The molecule has 1 aliphatic rings. The Bertz CT molecular complexity index is 320.